The molecule has 1 aliphatic rings. The Hall–Kier alpha value is -1.20. The SMILES string of the molecule is Fc1cccc(OCCNC2COC2)c1F. The fourth-order valence-corrected chi connectivity index (χ4v) is 1.37. The van der Waals surface area contributed by atoms with E-state index in [0.717, 1.165) is 6.07 Å². The summed E-state index contributed by atoms with van der Waals surface area (Å²) >= 11 is 0. The van der Waals surface area contributed by atoms with Gasteiger partial charge in [-0.25, -0.2) is 4.39 Å². The lowest BCUT2D eigenvalue weighted by Gasteiger charge is -2.26. The van der Waals surface area contributed by atoms with E-state index in [9.17, 15) is 8.78 Å². The summed E-state index contributed by atoms with van der Waals surface area (Å²) in [5, 5.41) is 3.16. The van der Waals surface area contributed by atoms with Crippen LogP contribution < -0.4 is 10.1 Å². The van der Waals surface area contributed by atoms with Crippen molar-refractivity contribution in [2.45, 2.75) is 6.04 Å². The summed E-state index contributed by atoms with van der Waals surface area (Å²) in [4.78, 5) is 0. The third-order valence-corrected chi connectivity index (χ3v) is 2.35. The molecule has 0 saturated carbocycles. The maximum Gasteiger partial charge on any atom is 0.200 e. The second-order valence-electron chi connectivity index (χ2n) is 3.59. The number of ether oxygens (including phenoxy) is 2. The number of benzene rings is 1. The molecule has 0 aromatic heterocycles. The quantitative estimate of drug-likeness (QED) is 0.773. The van der Waals surface area contributed by atoms with Crippen molar-refractivity contribution >= 4 is 0 Å². The zero-order valence-electron chi connectivity index (χ0n) is 8.71. The molecule has 2 rings (SSSR count). The van der Waals surface area contributed by atoms with E-state index >= 15 is 0 Å². The maximum absolute atomic E-state index is 13.1. The van der Waals surface area contributed by atoms with Gasteiger partial charge in [-0.3, -0.25) is 0 Å². The van der Waals surface area contributed by atoms with Crippen LogP contribution in [0.4, 0.5) is 8.78 Å². The average molecular weight is 229 g/mol. The van der Waals surface area contributed by atoms with Gasteiger partial charge in [0.05, 0.1) is 19.3 Å². The van der Waals surface area contributed by atoms with Crippen LogP contribution in [0, 0.1) is 11.6 Å². The van der Waals surface area contributed by atoms with E-state index in [2.05, 4.69) is 5.32 Å². The third kappa shape index (κ3) is 2.68. The molecule has 5 heteroatoms. The third-order valence-electron chi connectivity index (χ3n) is 2.35. The molecule has 1 fully saturated rings. The van der Waals surface area contributed by atoms with Crippen molar-refractivity contribution in [3.63, 3.8) is 0 Å². The average Bonchev–Trinajstić information content (AvgIpc) is 2.21. The van der Waals surface area contributed by atoms with Gasteiger partial charge in [0.15, 0.2) is 11.6 Å². The van der Waals surface area contributed by atoms with Crippen molar-refractivity contribution in [2.24, 2.45) is 0 Å². The molecule has 0 aliphatic carbocycles. The molecule has 0 bridgehead atoms. The van der Waals surface area contributed by atoms with Gasteiger partial charge in [0.1, 0.15) is 6.61 Å². The summed E-state index contributed by atoms with van der Waals surface area (Å²) in [7, 11) is 0. The Labute approximate surface area is 92.4 Å². The molecule has 1 N–H and O–H groups in total. The van der Waals surface area contributed by atoms with Crippen LogP contribution in [-0.2, 0) is 4.74 Å². The van der Waals surface area contributed by atoms with Gasteiger partial charge in [-0.05, 0) is 12.1 Å². The molecule has 0 amide bonds. The second-order valence-corrected chi connectivity index (χ2v) is 3.59. The first kappa shape index (κ1) is 11.3. The summed E-state index contributed by atoms with van der Waals surface area (Å²) in [6.07, 6.45) is 0. The van der Waals surface area contributed by atoms with E-state index in [0.29, 0.717) is 32.4 Å². The van der Waals surface area contributed by atoms with Crippen LogP contribution in [0.3, 0.4) is 0 Å². The van der Waals surface area contributed by atoms with Crippen molar-refractivity contribution in [3.05, 3.63) is 29.8 Å². The highest BCUT2D eigenvalue weighted by Gasteiger charge is 2.16. The monoisotopic (exact) mass is 229 g/mol. The van der Waals surface area contributed by atoms with Crippen molar-refractivity contribution in [3.8, 4) is 5.75 Å². The molecule has 88 valence electrons. The molecular weight excluding hydrogens is 216 g/mol. The minimum Gasteiger partial charge on any atom is -0.489 e. The van der Waals surface area contributed by atoms with Gasteiger partial charge < -0.3 is 14.8 Å². The van der Waals surface area contributed by atoms with Crippen LogP contribution in [0.25, 0.3) is 0 Å². The lowest BCUT2D eigenvalue weighted by Crippen LogP contribution is -2.47. The minimum absolute atomic E-state index is 0.0494. The Morgan fingerprint density at radius 3 is 2.88 bits per heavy atom. The van der Waals surface area contributed by atoms with E-state index in [1.807, 2.05) is 0 Å². The van der Waals surface area contributed by atoms with E-state index in [1.165, 1.54) is 12.1 Å². The number of hydrogen-bond donors (Lipinski definition) is 1. The fraction of sp³-hybridized carbons (Fsp3) is 0.455. The van der Waals surface area contributed by atoms with Gasteiger partial charge >= 0.3 is 0 Å². The molecule has 1 saturated heterocycles. The minimum atomic E-state index is -0.936. The molecule has 0 spiro atoms. The van der Waals surface area contributed by atoms with Gasteiger partial charge in [-0.2, -0.15) is 4.39 Å². The normalized spacial score (nSPS) is 15.9. The lowest BCUT2D eigenvalue weighted by molar-refractivity contribution is -0.00600. The first-order valence-corrected chi connectivity index (χ1v) is 5.15. The molecule has 1 heterocycles. The summed E-state index contributed by atoms with van der Waals surface area (Å²) in [6, 6.07) is 4.25. The predicted octanol–water partition coefficient (Wildman–Crippen LogP) is 1.33. The number of halogens is 2. The Kier molecular flexibility index (Phi) is 3.69. The number of hydrogen-bond acceptors (Lipinski definition) is 3. The summed E-state index contributed by atoms with van der Waals surface area (Å²) in [6.45, 7) is 2.30. The Bertz CT molecular complexity index is 356. The lowest BCUT2D eigenvalue weighted by atomic mass is 10.2. The Morgan fingerprint density at radius 1 is 1.38 bits per heavy atom. The molecule has 1 aliphatic heterocycles. The topological polar surface area (TPSA) is 30.5 Å². The maximum atomic E-state index is 13.1. The van der Waals surface area contributed by atoms with Crippen LogP contribution in [-0.4, -0.2) is 32.4 Å². The molecule has 0 unspecified atom stereocenters. The van der Waals surface area contributed by atoms with Crippen LogP contribution in [0.5, 0.6) is 5.75 Å². The van der Waals surface area contributed by atoms with E-state index < -0.39 is 11.6 Å². The Balaban J connectivity index is 1.73. The van der Waals surface area contributed by atoms with E-state index in [1.54, 1.807) is 0 Å². The highest BCUT2D eigenvalue weighted by Crippen LogP contribution is 2.18. The van der Waals surface area contributed by atoms with Crippen LogP contribution in [0.2, 0.25) is 0 Å². The van der Waals surface area contributed by atoms with Crippen molar-refractivity contribution in [2.75, 3.05) is 26.4 Å². The predicted molar refractivity (Wildman–Crippen MR) is 54.5 cm³/mol. The molecular formula is C11H13F2NO2. The first-order chi connectivity index (χ1) is 7.77. The Morgan fingerprint density at radius 2 is 2.19 bits per heavy atom. The highest BCUT2D eigenvalue weighted by atomic mass is 19.2. The van der Waals surface area contributed by atoms with Gasteiger partial charge in [0, 0.05) is 6.54 Å². The van der Waals surface area contributed by atoms with Crippen LogP contribution in [0.1, 0.15) is 0 Å². The largest absolute Gasteiger partial charge is 0.489 e. The van der Waals surface area contributed by atoms with Crippen molar-refractivity contribution in [1.29, 1.82) is 0 Å². The molecule has 0 radical (unpaired) electrons. The van der Waals surface area contributed by atoms with E-state index in [-0.39, 0.29) is 5.75 Å². The molecule has 0 atom stereocenters. The van der Waals surface area contributed by atoms with Gasteiger partial charge in [-0.15, -0.1) is 0 Å². The van der Waals surface area contributed by atoms with Crippen molar-refractivity contribution in [1.82, 2.24) is 5.32 Å². The van der Waals surface area contributed by atoms with Crippen LogP contribution >= 0.6 is 0 Å². The summed E-state index contributed by atoms with van der Waals surface area (Å²) < 4.78 is 36.0. The molecule has 3 nitrogen and oxygen atoms in total. The summed E-state index contributed by atoms with van der Waals surface area (Å²) in [5.74, 6) is -1.88. The van der Waals surface area contributed by atoms with Gasteiger partial charge in [-0.1, -0.05) is 6.07 Å². The zero-order valence-corrected chi connectivity index (χ0v) is 8.71. The highest BCUT2D eigenvalue weighted by molar-refractivity contribution is 5.24. The fourth-order valence-electron chi connectivity index (χ4n) is 1.37. The molecule has 16 heavy (non-hydrogen) atoms. The molecule has 1 aromatic rings. The standard InChI is InChI=1S/C11H13F2NO2/c12-9-2-1-3-10(11(9)13)16-5-4-14-8-6-15-7-8/h1-3,8,14H,4-7H2. The van der Waals surface area contributed by atoms with Gasteiger partial charge in [0.25, 0.3) is 0 Å². The summed E-state index contributed by atoms with van der Waals surface area (Å²) in [5.41, 5.74) is 0. The number of nitrogens with one attached hydrogen (secondary N) is 1. The van der Waals surface area contributed by atoms with Crippen LogP contribution in [0.15, 0.2) is 18.2 Å². The second kappa shape index (κ2) is 5.23. The van der Waals surface area contributed by atoms with Gasteiger partial charge in [0.2, 0.25) is 5.82 Å². The zero-order chi connectivity index (χ0) is 11.4. The smallest absolute Gasteiger partial charge is 0.200 e. The first-order valence-electron chi connectivity index (χ1n) is 5.15. The molecule has 1 aromatic carbocycles. The number of rotatable bonds is 5. The van der Waals surface area contributed by atoms with Crippen molar-refractivity contribution < 1.29 is 18.3 Å². The van der Waals surface area contributed by atoms with E-state index in [4.69, 9.17) is 9.47 Å².